The molecule has 0 spiro atoms. The van der Waals surface area contributed by atoms with Crippen LogP contribution in [0.2, 0.25) is 0 Å². The second-order valence-corrected chi connectivity index (χ2v) is 3.79. The smallest absolute Gasteiger partial charge is 0.0816 e. The van der Waals surface area contributed by atoms with Crippen LogP contribution < -0.4 is 11.1 Å². The Morgan fingerprint density at radius 2 is 2.06 bits per heavy atom. The Kier molecular flexibility index (Phi) is 4.43. The van der Waals surface area contributed by atoms with E-state index in [9.17, 15) is 0 Å². The first-order valence-corrected chi connectivity index (χ1v) is 5.03. The lowest BCUT2D eigenvalue weighted by Gasteiger charge is -2.13. The largest absolute Gasteiger partial charge is 0.392 e. The van der Waals surface area contributed by atoms with Crippen LogP contribution in [-0.4, -0.2) is 25.5 Å². The minimum absolute atomic E-state index is 0.593. The van der Waals surface area contributed by atoms with Gasteiger partial charge in [-0.05, 0) is 38.4 Å². The Morgan fingerprint density at radius 1 is 1.38 bits per heavy atom. The lowest BCUT2D eigenvalue weighted by atomic mass is 10.3. The molecule has 0 unspecified atom stereocenters. The summed E-state index contributed by atoms with van der Waals surface area (Å²) in [5.74, 6) is 0. The molecule has 1 rings (SSSR count). The zero-order valence-electron chi connectivity index (χ0n) is 9.75. The summed E-state index contributed by atoms with van der Waals surface area (Å²) < 4.78 is 0. The van der Waals surface area contributed by atoms with Crippen LogP contribution in [0.25, 0.3) is 0 Å². The second kappa shape index (κ2) is 5.84. The average Bonchev–Trinajstić information content (AvgIpc) is 2.16. The maximum absolute atomic E-state index is 5.65. The topological polar surface area (TPSA) is 41.3 Å². The number of nitrogens with one attached hydrogen (secondary N) is 1. The molecule has 0 atom stereocenters. The van der Waals surface area contributed by atoms with Crippen molar-refractivity contribution >= 4 is 0 Å². The number of hydrogen-bond acceptors (Lipinski definition) is 3. The van der Waals surface area contributed by atoms with Crippen molar-refractivity contribution in [3.8, 4) is 0 Å². The minimum Gasteiger partial charge on any atom is -0.392 e. The summed E-state index contributed by atoms with van der Waals surface area (Å²) in [5, 5.41) is 3.17. The van der Waals surface area contributed by atoms with Gasteiger partial charge in [0.05, 0.1) is 11.4 Å². The molecule has 0 fully saturated rings. The van der Waals surface area contributed by atoms with E-state index >= 15 is 0 Å². The van der Waals surface area contributed by atoms with Crippen molar-refractivity contribution in [1.82, 2.24) is 10.2 Å². The average molecular weight is 215 g/mol. The predicted molar refractivity (Wildman–Crippen MR) is 67.3 cm³/mol. The molecule has 0 heterocycles. The van der Waals surface area contributed by atoms with Crippen molar-refractivity contribution in [3.63, 3.8) is 0 Å². The summed E-state index contributed by atoms with van der Waals surface area (Å²) in [4.78, 5) is 2.04. The number of rotatable bonds is 4. The Balaban J connectivity index is 2.70. The third-order valence-electron chi connectivity index (χ3n) is 1.82. The third-order valence-corrected chi connectivity index (χ3v) is 1.82. The van der Waals surface area contributed by atoms with E-state index in [1.165, 1.54) is 0 Å². The maximum Gasteiger partial charge on any atom is 0.0816 e. The van der Waals surface area contributed by atoms with E-state index in [2.05, 4.69) is 23.4 Å². The van der Waals surface area contributed by atoms with Gasteiger partial charge < -0.3 is 16.0 Å². The van der Waals surface area contributed by atoms with E-state index in [1.54, 1.807) is 18.2 Å². The highest BCUT2D eigenvalue weighted by molar-refractivity contribution is 5.30. The quantitative estimate of drug-likeness (QED) is 0.694. The summed E-state index contributed by atoms with van der Waals surface area (Å²) >= 11 is 0. The van der Waals surface area contributed by atoms with E-state index in [0.717, 1.165) is 17.9 Å². The van der Waals surface area contributed by atoms with Gasteiger partial charge in [-0.2, -0.15) is 0 Å². The molecular weight excluding hydrogens is 198 g/mol. The first-order chi connectivity index (χ1) is 7.58. The van der Waals surface area contributed by atoms with E-state index in [1.807, 2.05) is 25.1 Å². The van der Waals surface area contributed by atoms with Gasteiger partial charge in [0.2, 0.25) is 0 Å². The van der Waals surface area contributed by atoms with Gasteiger partial charge in [-0.3, -0.25) is 0 Å². The lowest BCUT2D eigenvalue weighted by molar-refractivity contribution is 0.438. The number of hydrogen-bond donors (Lipinski definition) is 2. The Labute approximate surface area is 96.6 Å². The molecule has 0 aromatic heterocycles. The van der Waals surface area contributed by atoms with Crippen LogP contribution in [0.4, 0.5) is 0 Å². The van der Waals surface area contributed by atoms with Crippen LogP contribution in [0.1, 0.15) is 0 Å². The van der Waals surface area contributed by atoms with Gasteiger partial charge in [-0.1, -0.05) is 18.0 Å². The Bertz CT molecular complexity index is 426. The maximum atomic E-state index is 5.65. The fraction of sp³-hybridized carbons (Fsp3) is 0.231. The molecule has 0 saturated heterocycles. The molecule has 16 heavy (non-hydrogen) atoms. The molecule has 84 valence electrons. The van der Waals surface area contributed by atoms with Crippen molar-refractivity contribution in [1.29, 1.82) is 0 Å². The van der Waals surface area contributed by atoms with Crippen LogP contribution in [0, 0.1) is 0 Å². The van der Waals surface area contributed by atoms with Crippen LogP contribution in [0.5, 0.6) is 0 Å². The first kappa shape index (κ1) is 12.2. The first-order valence-electron chi connectivity index (χ1n) is 5.03. The third kappa shape index (κ3) is 4.54. The molecule has 0 aromatic rings. The van der Waals surface area contributed by atoms with Crippen LogP contribution in [0.15, 0.2) is 59.4 Å². The van der Waals surface area contributed by atoms with Gasteiger partial charge in [0.25, 0.3) is 0 Å². The highest BCUT2D eigenvalue weighted by atomic mass is 15.1. The molecular formula is C13H17N3. The number of likely N-dealkylation sites (N-methyl/N-ethyl adjacent to an activating group) is 1. The van der Waals surface area contributed by atoms with E-state index < -0.39 is 0 Å². The molecule has 1 aliphatic rings. The number of allylic oxidation sites excluding steroid dienone is 2. The summed E-state index contributed by atoms with van der Waals surface area (Å²) in [6.07, 6.45) is 7.13. The SMILES string of the molecule is C=C(CN(C)C)NC1=C=CC=C=C(N)C=C1. The lowest BCUT2D eigenvalue weighted by Crippen LogP contribution is -2.22. The van der Waals surface area contributed by atoms with Gasteiger partial charge in [-0.15, -0.1) is 0 Å². The van der Waals surface area contributed by atoms with Gasteiger partial charge >= 0.3 is 0 Å². The molecule has 3 nitrogen and oxygen atoms in total. The Morgan fingerprint density at radius 3 is 2.75 bits per heavy atom. The molecule has 3 heteroatoms. The zero-order valence-corrected chi connectivity index (χ0v) is 9.75. The molecule has 1 aliphatic carbocycles. The van der Waals surface area contributed by atoms with Crippen molar-refractivity contribution in [2.24, 2.45) is 5.73 Å². The highest BCUT2D eigenvalue weighted by Crippen LogP contribution is 1.99. The number of nitrogens with zero attached hydrogens (tertiary/aromatic N) is 1. The molecule has 0 aromatic carbocycles. The summed E-state index contributed by atoms with van der Waals surface area (Å²) in [5.41, 5.74) is 14.0. The Hall–Kier alpha value is -1.92. The van der Waals surface area contributed by atoms with Gasteiger partial charge in [0.15, 0.2) is 0 Å². The monoisotopic (exact) mass is 215 g/mol. The van der Waals surface area contributed by atoms with Crippen LogP contribution in [0.3, 0.4) is 0 Å². The molecule has 0 amide bonds. The molecule has 0 aliphatic heterocycles. The van der Waals surface area contributed by atoms with Gasteiger partial charge in [-0.25, -0.2) is 0 Å². The molecule has 3 N–H and O–H groups in total. The standard InChI is InChI=1S/C13H17N3/c1-11(10-16(2)3)15-13-7-5-4-6-12(14)8-9-13/h4-5,8-9,15H,1,10,14H2,2-3H3. The van der Waals surface area contributed by atoms with Gasteiger partial charge in [0.1, 0.15) is 0 Å². The van der Waals surface area contributed by atoms with Crippen molar-refractivity contribution in [2.75, 3.05) is 20.6 Å². The second-order valence-electron chi connectivity index (χ2n) is 3.79. The fourth-order valence-electron chi connectivity index (χ4n) is 1.23. The molecule has 0 radical (unpaired) electrons. The summed E-state index contributed by atoms with van der Waals surface area (Å²) in [6.45, 7) is 4.71. The molecule has 0 bridgehead atoms. The number of nitrogens with two attached hydrogens (primary N) is 1. The summed E-state index contributed by atoms with van der Waals surface area (Å²) in [6, 6.07) is 0. The van der Waals surface area contributed by atoms with E-state index in [4.69, 9.17) is 5.73 Å². The highest BCUT2D eigenvalue weighted by Gasteiger charge is 1.97. The van der Waals surface area contributed by atoms with Crippen LogP contribution >= 0.6 is 0 Å². The van der Waals surface area contributed by atoms with Crippen molar-refractivity contribution < 1.29 is 0 Å². The predicted octanol–water partition coefficient (Wildman–Crippen LogP) is 1.26. The zero-order chi connectivity index (χ0) is 12.0. The normalized spacial score (nSPS) is 14.2. The van der Waals surface area contributed by atoms with Crippen molar-refractivity contribution in [2.45, 2.75) is 0 Å². The summed E-state index contributed by atoms with van der Waals surface area (Å²) in [7, 11) is 3.99. The fourth-order valence-corrected chi connectivity index (χ4v) is 1.23. The van der Waals surface area contributed by atoms with E-state index in [-0.39, 0.29) is 0 Å². The molecule has 0 saturated carbocycles. The van der Waals surface area contributed by atoms with Gasteiger partial charge in [0, 0.05) is 12.2 Å². The van der Waals surface area contributed by atoms with E-state index in [0.29, 0.717) is 5.70 Å². The minimum atomic E-state index is 0.593. The van der Waals surface area contributed by atoms with Crippen molar-refractivity contribution in [3.05, 3.63) is 59.4 Å². The van der Waals surface area contributed by atoms with Crippen LogP contribution in [-0.2, 0) is 0 Å².